The van der Waals surface area contributed by atoms with Crippen molar-refractivity contribution < 1.29 is 14.3 Å². The summed E-state index contributed by atoms with van der Waals surface area (Å²) in [6.45, 7) is 3.44. The van der Waals surface area contributed by atoms with E-state index in [-0.39, 0.29) is 0 Å². The number of hydrogen-bond acceptors (Lipinski definition) is 3. The minimum atomic E-state index is 0.451. The van der Waals surface area contributed by atoms with Gasteiger partial charge >= 0.3 is 0 Å². The molecule has 1 aromatic carbocycles. The first-order chi connectivity index (χ1) is 6.74. The summed E-state index contributed by atoms with van der Waals surface area (Å²) in [4.78, 5) is 10.6. The first kappa shape index (κ1) is 10.8. The van der Waals surface area contributed by atoms with Crippen molar-refractivity contribution in [3.63, 3.8) is 0 Å². The van der Waals surface area contributed by atoms with E-state index in [1.807, 2.05) is 0 Å². The molecule has 0 aromatic heterocycles. The van der Waals surface area contributed by atoms with Gasteiger partial charge in [-0.15, -0.1) is 0 Å². The Bertz CT molecular complexity index is 361. The van der Waals surface area contributed by atoms with Gasteiger partial charge in [0.25, 0.3) is 0 Å². The molecule has 0 saturated carbocycles. The van der Waals surface area contributed by atoms with Crippen molar-refractivity contribution in [2.75, 3.05) is 7.11 Å². The van der Waals surface area contributed by atoms with Gasteiger partial charge in [-0.25, -0.2) is 0 Å². The molecule has 1 aromatic rings. The van der Waals surface area contributed by atoms with Gasteiger partial charge in [0, 0.05) is 5.56 Å². The zero-order valence-corrected chi connectivity index (χ0v) is 9.21. The number of rotatable bonds is 4. The summed E-state index contributed by atoms with van der Waals surface area (Å²) in [5.41, 5.74) is 0.502. The molecule has 0 aliphatic rings. The van der Waals surface area contributed by atoms with Gasteiger partial charge < -0.3 is 9.47 Å². The van der Waals surface area contributed by atoms with Crippen LogP contribution in [-0.4, -0.2) is 13.4 Å². The van der Waals surface area contributed by atoms with Gasteiger partial charge in [0.2, 0.25) is 0 Å². The lowest BCUT2D eigenvalue weighted by Gasteiger charge is -2.10. The summed E-state index contributed by atoms with van der Waals surface area (Å²) in [7, 11) is 1.53. The normalized spacial score (nSPS) is 9.29. The number of aldehydes is 1. The summed E-state index contributed by atoms with van der Waals surface area (Å²) in [5, 5.41) is 0. The van der Waals surface area contributed by atoms with E-state index in [0.717, 1.165) is 6.29 Å². The zero-order chi connectivity index (χ0) is 10.6. The van der Waals surface area contributed by atoms with Gasteiger partial charge in [-0.05, 0) is 28.1 Å². The van der Waals surface area contributed by atoms with Crippen LogP contribution in [-0.2, 0) is 0 Å². The maximum atomic E-state index is 10.6. The average molecular weight is 257 g/mol. The van der Waals surface area contributed by atoms with E-state index >= 15 is 0 Å². The van der Waals surface area contributed by atoms with Crippen molar-refractivity contribution in [2.45, 2.75) is 0 Å². The molecule has 0 spiro atoms. The number of carbonyl (C=O) groups is 1. The van der Waals surface area contributed by atoms with Gasteiger partial charge in [0.05, 0.1) is 17.8 Å². The summed E-state index contributed by atoms with van der Waals surface area (Å²) >= 11 is 3.25. The second-order valence-corrected chi connectivity index (χ2v) is 3.20. The standard InChI is InChI=1S/C10H9BrO3/c1-3-14-10-8(13-2)5-4-7(6-12)9(10)11/h3-6H,1H2,2H3. The van der Waals surface area contributed by atoms with Crippen LogP contribution in [0.25, 0.3) is 0 Å². The van der Waals surface area contributed by atoms with E-state index in [1.54, 1.807) is 12.1 Å². The number of methoxy groups -OCH3 is 1. The van der Waals surface area contributed by atoms with Crippen molar-refractivity contribution in [3.8, 4) is 11.5 Å². The molecule has 0 fully saturated rings. The predicted molar refractivity (Wildman–Crippen MR) is 56.9 cm³/mol. The van der Waals surface area contributed by atoms with Crippen molar-refractivity contribution in [1.29, 1.82) is 0 Å². The molecule has 1 rings (SSSR count). The second kappa shape index (κ2) is 4.81. The second-order valence-electron chi connectivity index (χ2n) is 2.40. The van der Waals surface area contributed by atoms with Crippen LogP contribution in [0.2, 0.25) is 0 Å². The lowest BCUT2D eigenvalue weighted by molar-refractivity contribution is 0.112. The lowest BCUT2D eigenvalue weighted by atomic mass is 10.2. The molecule has 0 radical (unpaired) electrons. The average Bonchev–Trinajstić information content (AvgIpc) is 2.21. The predicted octanol–water partition coefficient (Wildman–Crippen LogP) is 2.79. The third kappa shape index (κ3) is 1.96. The van der Waals surface area contributed by atoms with Crippen LogP contribution in [0.4, 0.5) is 0 Å². The summed E-state index contributed by atoms with van der Waals surface area (Å²) in [6.07, 6.45) is 2.01. The molecule has 0 bridgehead atoms. The molecule has 74 valence electrons. The van der Waals surface area contributed by atoms with E-state index < -0.39 is 0 Å². The van der Waals surface area contributed by atoms with Crippen molar-refractivity contribution in [1.82, 2.24) is 0 Å². The Hall–Kier alpha value is -1.29. The van der Waals surface area contributed by atoms with Crippen LogP contribution >= 0.6 is 15.9 Å². The SMILES string of the molecule is C=COc1c(OC)ccc(C=O)c1Br. The summed E-state index contributed by atoms with van der Waals surface area (Å²) in [6, 6.07) is 3.30. The fraction of sp³-hybridized carbons (Fsp3) is 0.100. The third-order valence-electron chi connectivity index (χ3n) is 1.64. The van der Waals surface area contributed by atoms with Crippen LogP contribution in [0, 0.1) is 0 Å². The van der Waals surface area contributed by atoms with Gasteiger partial charge in [-0.1, -0.05) is 6.58 Å². The molecule has 0 atom stereocenters. The van der Waals surface area contributed by atoms with Crippen molar-refractivity contribution in [3.05, 3.63) is 35.0 Å². The molecule has 0 aliphatic carbocycles. The number of halogens is 1. The molecule has 0 unspecified atom stereocenters. The maximum Gasteiger partial charge on any atom is 0.183 e. The van der Waals surface area contributed by atoms with E-state index in [0.29, 0.717) is 21.5 Å². The highest BCUT2D eigenvalue weighted by molar-refractivity contribution is 9.10. The molecular formula is C10H9BrO3. The molecule has 14 heavy (non-hydrogen) atoms. The highest BCUT2D eigenvalue weighted by atomic mass is 79.9. The molecule has 0 heterocycles. The topological polar surface area (TPSA) is 35.5 Å². The molecular weight excluding hydrogens is 248 g/mol. The molecule has 0 saturated heterocycles. The quantitative estimate of drug-likeness (QED) is 0.614. The Balaban J connectivity index is 3.29. The van der Waals surface area contributed by atoms with Gasteiger partial charge in [-0.2, -0.15) is 0 Å². The summed E-state index contributed by atoms with van der Waals surface area (Å²) < 4.78 is 10.8. The number of ether oxygens (including phenoxy) is 2. The van der Waals surface area contributed by atoms with E-state index in [1.165, 1.54) is 13.4 Å². The minimum Gasteiger partial charge on any atom is -0.493 e. The van der Waals surface area contributed by atoms with Crippen LogP contribution < -0.4 is 9.47 Å². The Kier molecular flexibility index (Phi) is 3.71. The smallest absolute Gasteiger partial charge is 0.183 e. The van der Waals surface area contributed by atoms with Gasteiger partial charge in [0.1, 0.15) is 0 Å². The highest BCUT2D eigenvalue weighted by Crippen LogP contribution is 2.37. The fourth-order valence-electron chi connectivity index (χ4n) is 0.998. The first-order valence-corrected chi connectivity index (χ1v) is 4.63. The van der Waals surface area contributed by atoms with Crippen LogP contribution in [0.15, 0.2) is 29.4 Å². The first-order valence-electron chi connectivity index (χ1n) is 3.83. The fourth-order valence-corrected chi connectivity index (χ4v) is 1.51. The van der Waals surface area contributed by atoms with E-state index in [2.05, 4.69) is 22.5 Å². The van der Waals surface area contributed by atoms with Crippen molar-refractivity contribution >= 4 is 22.2 Å². The zero-order valence-electron chi connectivity index (χ0n) is 7.62. The Morgan fingerprint density at radius 2 is 2.21 bits per heavy atom. The monoisotopic (exact) mass is 256 g/mol. The van der Waals surface area contributed by atoms with Crippen LogP contribution in [0.5, 0.6) is 11.5 Å². The Morgan fingerprint density at radius 3 is 2.71 bits per heavy atom. The summed E-state index contributed by atoms with van der Waals surface area (Å²) in [5.74, 6) is 0.995. The number of benzene rings is 1. The highest BCUT2D eigenvalue weighted by Gasteiger charge is 2.12. The lowest BCUT2D eigenvalue weighted by Crippen LogP contribution is -1.93. The Morgan fingerprint density at radius 1 is 1.50 bits per heavy atom. The molecule has 0 aliphatic heterocycles. The van der Waals surface area contributed by atoms with Crippen molar-refractivity contribution in [2.24, 2.45) is 0 Å². The van der Waals surface area contributed by atoms with Crippen LogP contribution in [0.3, 0.4) is 0 Å². The van der Waals surface area contributed by atoms with E-state index in [9.17, 15) is 4.79 Å². The van der Waals surface area contributed by atoms with E-state index in [4.69, 9.17) is 9.47 Å². The molecule has 0 amide bonds. The molecule has 0 N–H and O–H groups in total. The molecule has 4 heteroatoms. The third-order valence-corrected chi connectivity index (χ3v) is 2.46. The number of carbonyl (C=O) groups excluding carboxylic acids is 1. The van der Waals surface area contributed by atoms with Gasteiger partial charge in [-0.3, -0.25) is 4.79 Å². The molecule has 3 nitrogen and oxygen atoms in total. The van der Waals surface area contributed by atoms with Crippen LogP contribution in [0.1, 0.15) is 10.4 Å². The largest absolute Gasteiger partial charge is 0.493 e. The maximum absolute atomic E-state index is 10.6. The minimum absolute atomic E-state index is 0.451. The number of hydrogen-bond donors (Lipinski definition) is 0. The Labute approximate surface area is 90.5 Å². The van der Waals surface area contributed by atoms with Gasteiger partial charge in [0.15, 0.2) is 17.8 Å².